The van der Waals surface area contributed by atoms with Crippen molar-refractivity contribution < 1.29 is 14.6 Å². The van der Waals surface area contributed by atoms with Gasteiger partial charge in [0.1, 0.15) is 6.61 Å². The first-order valence-electron chi connectivity index (χ1n) is 8.64. The van der Waals surface area contributed by atoms with Gasteiger partial charge in [-0.2, -0.15) is 0 Å². The minimum atomic E-state index is -0.103. The topological polar surface area (TPSA) is 64.5 Å². The molecule has 1 aliphatic heterocycles. The fraction of sp³-hybridized carbons (Fsp3) is 0.238. The highest BCUT2D eigenvalue weighted by Gasteiger charge is 2.21. The van der Waals surface area contributed by atoms with E-state index in [4.69, 9.17) is 14.5 Å². The molecule has 132 valence electrons. The second kappa shape index (κ2) is 6.77. The normalized spacial score (nSPS) is 13.1. The van der Waals surface area contributed by atoms with Crippen LogP contribution in [0.5, 0.6) is 5.88 Å². The molecule has 0 saturated heterocycles. The highest BCUT2D eigenvalue weighted by molar-refractivity contribution is 5.83. The summed E-state index contributed by atoms with van der Waals surface area (Å²) in [6.07, 6.45) is 2.64. The molecule has 1 aliphatic rings. The van der Waals surface area contributed by atoms with Crippen molar-refractivity contribution in [1.29, 1.82) is 0 Å². The summed E-state index contributed by atoms with van der Waals surface area (Å²) in [5.74, 6) is 0.537. The number of fused-ring (bicyclic) bond motifs is 2. The lowest BCUT2D eigenvalue weighted by Gasteiger charge is -2.21. The standard InChI is InChI=1S/C21H20N2O3/c1-3-13-11-26-12-17-16(13)9-19(23-21(17)25-2)20-15(10-24)8-14-6-4-5-7-18(14)22-20/h4-9,11,24H,3,10,12H2,1-2H3. The summed E-state index contributed by atoms with van der Waals surface area (Å²) in [6, 6.07) is 11.8. The van der Waals surface area contributed by atoms with Crippen LogP contribution in [-0.2, 0) is 18.0 Å². The van der Waals surface area contributed by atoms with Crippen molar-refractivity contribution in [3.63, 3.8) is 0 Å². The van der Waals surface area contributed by atoms with Gasteiger partial charge in [0.15, 0.2) is 0 Å². The van der Waals surface area contributed by atoms with Crippen LogP contribution >= 0.6 is 0 Å². The lowest BCUT2D eigenvalue weighted by atomic mass is 9.96. The molecular formula is C21H20N2O3. The second-order valence-corrected chi connectivity index (χ2v) is 6.20. The van der Waals surface area contributed by atoms with Gasteiger partial charge in [-0.3, -0.25) is 0 Å². The Morgan fingerprint density at radius 2 is 2.04 bits per heavy atom. The van der Waals surface area contributed by atoms with Crippen molar-refractivity contribution in [3.8, 4) is 17.3 Å². The molecule has 5 nitrogen and oxygen atoms in total. The number of benzene rings is 1. The van der Waals surface area contributed by atoms with E-state index in [0.717, 1.165) is 39.6 Å². The van der Waals surface area contributed by atoms with Gasteiger partial charge < -0.3 is 14.6 Å². The average molecular weight is 348 g/mol. The summed E-state index contributed by atoms with van der Waals surface area (Å²) in [7, 11) is 1.61. The molecular weight excluding hydrogens is 328 g/mol. The third-order valence-electron chi connectivity index (χ3n) is 4.68. The predicted octanol–water partition coefficient (Wildman–Crippen LogP) is 4.08. The van der Waals surface area contributed by atoms with Gasteiger partial charge in [0.25, 0.3) is 0 Å². The molecule has 3 aromatic rings. The molecule has 1 aromatic carbocycles. The van der Waals surface area contributed by atoms with E-state index in [2.05, 4.69) is 11.9 Å². The van der Waals surface area contributed by atoms with E-state index in [9.17, 15) is 5.11 Å². The van der Waals surface area contributed by atoms with E-state index in [1.165, 1.54) is 0 Å². The second-order valence-electron chi connectivity index (χ2n) is 6.20. The number of ether oxygens (including phenoxy) is 2. The number of hydrogen-bond donors (Lipinski definition) is 1. The van der Waals surface area contributed by atoms with E-state index in [1.54, 1.807) is 13.4 Å². The fourth-order valence-electron chi connectivity index (χ4n) is 3.33. The van der Waals surface area contributed by atoms with Crippen LogP contribution < -0.4 is 4.74 Å². The Hall–Kier alpha value is -2.92. The number of hydrogen-bond acceptors (Lipinski definition) is 5. The van der Waals surface area contributed by atoms with E-state index < -0.39 is 0 Å². The quantitative estimate of drug-likeness (QED) is 0.770. The predicted molar refractivity (Wildman–Crippen MR) is 101 cm³/mol. The van der Waals surface area contributed by atoms with E-state index in [-0.39, 0.29) is 6.61 Å². The van der Waals surface area contributed by atoms with Gasteiger partial charge in [0.05, 0.1) is 42.4 Å². The molecule has 0 saturated carbocycles. The van der Waals surface area contributed by atoms with E-state index in [1.807, 2.05) is 36.4 Å². The molecule has 0 amide bonds. The molecule has 3 heterocycles. The van der Waals surface area contributed by atoms with Gasteiger partial charge >= 0.3 is 0 Å². The number of nitrogens with zero attached hydrogens (tertiary/aromatic N) is 2. The highest BCUT2D eigenvalue weighted by Crippen LogP contribution is 2.36. The maximum absolute atomic E-state index is 9.87. The zero-order valence-electron chi connectivity index (χ0n) is 14.8. The molecule has 2 aromatic heterocycles. The Morgan fingerprint density at radius 1 is 1.19 bits per heavy atom. The smallest absolute Gasteiger partial charge is 0.221 e. The third-order valence-corrected chi connectivity index (χ3v) is 4.68. The van der Waals surface area contributed by atoms with Crippen LogP contribution in [0.1, 0.15) is 30.0 Å². The number of allylic oxidation sites excluding steroid dienone is 1. The number of methoxy groups -OCH3 is 1. The molecule has 0 atom stereocenters. The van der Waals surface area contributed by atoms with Gasteiger partial charge in [-0.25, -0.2) is 9.97 Å². The molecule has 26 heavy (non-hydrogen) atoms. The van der Waals surface area contributed by atoms with Crippen molar-refractivity contribution in [3.05, 3.63) is 59.4 Å². The SMILES string of the molecule is CCC1=COCc2c1cc(-c1nc3ccccc3cc1CO)nc2OC. The van der Waals surface area contributed by atoms with Crippen LogP contribution in [0, 0.1) is 0 Å². The highest BCUT2D eigenvalue weighted by atomic mass is 16.5. The maximum atomic E-state index is 9.87. The van der Waals surface area contributed by atoms with Crippen LogP contribution in [0.15, 0.2) is 42.7 Å². The summed E-state index contributed by atoms with van der Waals surface area (Å²) in [4.78, 5) is 9.42. The number of para-hydroxylation sites is 1. The molecule has 0 aliphatic carbocycles. The van der Waals surface area contributed by atoms with Crippen molar-refractivity contribution in [1.82, 2.24) is 9.97 Å². The molecule has 0 spiro atoms. The first kappa shape index (κ1) is 16.5. The van der Waals surface area contributed by atoms with E-state index in [0.29, 0.717) is 23.9 Å². The largest absolute Gasteiger partial charge is 0.496 e. The molecule has 0 radical (unpaired) electrons. The Balaban J connectivity index is 1.96. The molecule has 0 fully saturated rings. The summed E-state index contributed by atoms with van der Waals surface area (Å²) in [6.45, 7) is 2.42. The van der Waals surface area contributed by atoms with Crippen LogP contribution in [0.4, 0.5) is 0 Å². The minimum Gasteiger partial charge on any atom is -0.496 e. The molecule has 0 bridgehead atoms. The molecule has 1 N–H and O–H groups in total. The zero-order chi connectivity index (χ0) is 18.1. The van der Waals surface area contributed by atoms with Gasteiger partial charge in [-0.1, -0.05) is 25.1 Å². The number of aromatic nitrogens is 2. The van der Waals surface area contributed by atoms with Gasteiger partial charge in [0, 0.05) is 10.9 Å². The van der Waals surface area contributed by atoms with Crippen molar-refractivity contribution in [2.45, 2.75) is 26.6 Å². The minimum absolute atomic E-state index is 0.103. The van der Waals surface area contributed by atoms with Crippen LogP contribution in [-0.4, -0.2) is 22.2 Å². The zero-order valence-corrected chi connectivity index (χ0v) is 14.8. The van der Waals surface area contributed by atoms with E-state index >= 15 is 0 Å². The number of aliphatic hydroxyl groups excluding tert-OH is 1. The first-order chi connectivity index (χ1) is 12.7. The van der Waals surface area contributed by atoms with Gasteiger partial charge in [-0.15, -0.1) is 0 Å². The Labute approximate surface area is 151 Å². The summed E-state index contributed by atoms with van der Waals surface area (Å²) < 4.78 is 11.1. The van der Waals surface area contributed by atoms with Gasteiger partial charge in [0.2, 0.25) is 5.88 Å². The third kappa shape index (κ3) is 2.70. The van der Waals surface area contributed by atoms with Gasteiger partial charge in [-0.05, 0) is 35.8 Å². The Morgan fingerprint density at radius 3 is 2.81 bits per heavy atom. The lowest BCUT2D eigenvalue weighted by Crippen LogP contribution is -2.08. The molecule has 0 unspecified atom stereocenters. The summed E-state index contributed by atoms with van der Waals surface area (Å²) in [5.41, 5.74) is 6.09. The van der Waals surface area contributed by atoms with Crippen LogP contribution in [0.2, 0.25) is 0 Å². The Kier molecular flexibility index (Phi) is 4.31. The average Bonchev–Trinajstić information content (AvgIpc) is 2.71. The maximum Gasteiger partial charge on any atom is 0.221 e. The lowest BCUT2D eigenvalue weighted by molar-refractivity contribution is 0.225. The summed E-state index contributed by atoms with van der Waals surface area (Å²) >= 11 is 0. The van der Waals surface area contributed by atoms with Crippen LogP contribution in [0.3, 0.4) is 0 Å². The van der Waals surface area contributed by atoms with Crippen molar-refractivity contribution >= 4 is 16.5 Å². The van der Waals surface area contributed by atoms with Crippen molar-refractivity contribution in [2.24, 2.45) is 0 Å². The Bertz CT molecular complexity index is 1010. The number of pyridine rings is 2. The van der Waals surface area contributed by atoms with Crippen LogP contribution in [0.25, 0.3) is 27.9 Å². The first-order valence-corrected chi connectivity index (χ1v) is 8.64. The molecule has 4 rings (SSSR count). The number of aliphatic hydroxyl groups is 1. The molecule has 5 heteroatoms. The fourth-order valence-corrected chi connectivity index (χ4v) is 3.33. The number of rotatable bonds is 4. The monoisotopic (exact) mass is 348 g/mol. The summed E-state index contributed by atoms with van der Waals surface area (Å²) in [5, 5.41) is 10.9. The van der Waals surface area contributed by atoms with Crippen molar-refractivity contribution in [2.75, 3.05) is 7.11 Å².